The van der Waals surface area contributed by atoms with Crippen molar-refractivity contribution in [3.05, 3.63) is 58.9 Å². The summed E-state index contributed by atoms with van der Waals surface area (Å²) in [5, 5.41) is 0.346. The van der Waals surface area contributed by atoms with Gasteiger partial charge in [0.15, 0.2) is 23.2 Å². The summed E-state index contributed by atoms with van der Waals surface area (Å²) >= 11 is 6.19. The van der Waals surface area contributed by atoms with Gasteiger partial charge in [0, 0.05) is 11.6 Å². The average molecular weight is 544 g/mol. The van der Waals surface area contributed by atoms with E-state index in [-0.39, 0.29) is 45.7 Å². The number of benzene rings is 1. The molecular formula is C27H25ClF3N5O2. The molecule has 0 unspecified atom stereocenters. The minimum atomic E-state index is -0.814. The molecule has 0 radical (unpaired) electrons. The highest BCUT2D eigenvalue weighted by atomic mass is 35.5. The Morgan fingerprint density at radius 3 is 2.76 bits per heavy atom. The molecule has 198 valence electrons. The number of fused-ring (bicyclic) bond motifs is 2. The SMILES string of the molecule is CC1(C)O[C@H]2[C@H](n3cc(F)c4c(Cl)ncnc43)C[C@@H]3[C@H](Cc4cc(F)c5cc(F)c(N)nc5c4)CC[C@@]32O1. The molecule has 2 N–H and O–H groups in total. The second kappa shape index (κ2) is 8.03. The van der Waals surface area contributed by atoms with E-state index in [9.17, 15) is 13.2 Å². The summed E-state index contributed by atoms with van der Waals surface area (Å²) in [7, 11) is 0. The summed E-state index contributed by atoms with van der Waals surface area (Å²) in [5.74, 6) is -2.62. The molecule has 2 aliphatic carbocycles. The van der Waals surface area contributed by atoms with Crippen molar-refractivity contribution >= 4 is 39.4 Å². The third kappa shape index (κ3) is 3.39. The average Bonchev–Trinajstić information content (AvgIpc) is 3.52. The maximum atomic E-state index is 15.0. The number of nitrogen functional groups attached to an aromatic ring is 1. The topological polar surface area (TPSA) is 88.1 Å². The van der Waals surface area contributed by atoms with Crippen molar-refractivity contribution in [2.45, 2.75) is 63.1 Å². The van der Waals surface area contributed by atoms with Crippen LogP contribution in [-0.2, 0) is 15.9 Å². The van der Waals surface area contributed by atoms with Crippen molar-refractivity contribution in [1.29, 1.82) is 0 Å². The second-order valence-electron chi connectivity index (χ2n) is 11.2. The van der Waals surface area contributed by atoms with E-state index in [2.05, 4.69) is 15.0 Å². The highest BCUT2D eigenvalue weighted by molar-refractivity contribution is 6.34. The number of hydrogen-bond acceptors (Lipinski definition) is 6. The Balaban J connectivity index is 1.26. The number of halogens is 4. The lowest BCUT2D eigenvalue weighted by Crippen LogP contribution is -2.40. The minimum Gasteiger partial charge on any atom is -0.381 e. The Bertz CT molecular complexity index is 1630. The minimum absolute atomic E-state index is 0.0633. The number of nitrogens with two attached hydrogens (primary N) is 1. The fourth-order valence-electron chi connectivity index (χ4n) is 7.26. The van der Waals surface area contributed by atoms with Gasteiger partial charge in [0.05, 0.1) is 16.9 Å². The van der Waals surface area contributed by atoms with E-state index in [1.807, 2.05) is 18.4 Å². The molecule has 11 heteroatoms. The Hall–Kier alpha value is -2.95. The van der Waals surface area contributed by atoms with Gasteiger partial charge in [-0.25, -0.2) is 28.1 Å². The monoisotopic (exact) mass is 543 g/mol. The highest BCUT2D eigenvalue weighted by Crippen LogP contribution is 2.63. The maximum Gasteiger partial charge on any atom is 0.165 e. The molecule has 3 aromatic heterocycles. The summed E-state index contributed by atoms with van der Waals surface area (Å²) in [5.41, 5.74) is 6.57. The number of nitrogens with zero attached hydrogens (tertiary/aromatic N) is 4. The van der Waals surface area contributed by atoms with Crippen molar-refractivity contribution in [3.8, 4) is 0 Å². The van der Waals surface area contributed by atoms with E-state index >= 15 is 0 Å². The molecule has 1 aromatic carbocycles. The molecule has 0 bridgehead atoms. The third-order valence-electron chi connectivity index (χ3n) is 8.57. The molecule has 2 saturated carbocycles. The van der Waals surface area contributed by atoms with Gasteiger partial charge in [-0.15, -0.1) is 0 Å². The van der Waals surface area contributed by atoms with Crippen LogP contribution >= 0.6 is 11.6 Å². The second-order valence-corrected chi connectivity index (χ2v) is 11.5. The Kier molecular flexibility index (Phi) is 5.10. The summed E-state index contributed by atoms with van der Waals surface area (Å²) in [6.45, 7) is 3.78. The maximum absolute atomic E-state index is 15.0. The normalized spacial score (nSPS) is 29.8. The van der Waals surface area contributed by atoms with Crippen molar-refractivity contribution in [2.75, 3.05) is 5.73 Å². The fraction of sp³-hybridized carbons (Fsp3) is 0.444. The number of rotatable bonds is 3. The summed E-state index contributed by atoms with van der Waals surface area (Å²) < 4.78 is 58.7. The van der Waals surface area contributed by atoms with Crippen molar-refractivity contribution in [2.24, 2.45) is 11.8 Å². The van der Waals surface area contributed by atoms with Gasteiger partial charge in [-0.05, 0) is 75.1 Å². The van der Waals surface area contributed by atoms with Gasteiger partial charge < -0.3 is 19.8 Å². The molecular weight excluding hydrogens is 519 g/mol. The number of aromatic nitrogens is 4. The van der Waals surface area contributed by atoms with Gasteiger partial charge in [-0.2, -0.15) is 0 Å². The van der Waals surface area contributed by atoms with E-state index < -0.39 is 28.8 Å². The lowest BCUT2D eigenvalue weighted by Gasteiger charge is -2.30. The molecule has 3 fully saturated rings. The van der Waals surface area contributed by atoms with E-state index in [1.54, 1.807) is 6.07 Å². The van der Waals surface area contributed by atoms with Gasteiger partial charge in [-0.3, -0.25) is 0 Å². The molecule has 7 nitrogen and oxygen atoms in total. The molecule has 5 atom stereocenters. The predicted molar refractivity (Wildman–Crippen MR) is 135 cm³/mol. The molecule has 4 heterocycles. The lowest BCUT2D eigenvalue weighted by atomic mass is 9.84. The van der Waals surface area contributed by atoms with Crippen LogP contribution in [0.3, 0.4) is 0 Å². The fourth-order valence-corrected chi connectivity index (χ4v) is 7.48. The van der Waals surface area contributed by atoms with Crippen LogP contribution in [0.25, 0.3) is 21.9 Å². The third-order valence-corrected chi connectivity index (χ3v) is 8.86. The van der Waals surface area contributed by atoms with Crippen LogP contribution in [-0.4, -0.2) is 37.0 Å². The Morgan fingerprint density at radius 1 is 1.13 bits per heavy atom. The van der Waals surface area contributed by atoms with E-state index in [1.165, 1.54) is 18.6 Å². The number of hydrogen-bond donors (Lipinski definition) is 1. The van der Waals surface area contributed by atoms with Crippen LogP contribution < -0.4 is 5.73 Å². The van der Waals surface area contributed by atoms with Crippen LogP contribution in [0.15, 0.2) is 30.7 Å². The number of ether oxygens (including phenoxy) is 2. The first-order valence-corrected chi connectivity index (χ1v) is 13.0. The lowest BCUT2D eigenvalue weighted by molar-refractivity contribution is -0.177. The molecule has 38 heavy (non-hydrogen) atoms. The van der Waals surface area contributed by atoms with Gasteiger partial charge in [0.25, 0.3) is 0 Å². The highest BCUT2D eigenvalue weighted by Gasteiger charge is 2.68. The predicted octanol–water partition coefficient (Wildman–Crippen LogP) is 5.74. The van der Waals surface area contributed by atoms with Gasteiger partial charge in [-0.1, -0.05) is 11.6 Å². The van der Waals surface area contributed by atoms with Crippen LogP contribution in [0, 0.1) is 29.3 Å². The zero-order valence-corrected chi connectivity index (χ0v) is 21.5. The first-order valence-electron chi connectivity index (χ1n) is 12.6. The molecule has 4 aromatic rings. The number of pyridine rings is 1. The molecule has 3 aliphatic rings. The number of anilines is 1. The smallest absolute Gasteiger partial charge is 0.165 e. The molecule has 1 aliphatic heterocycles. The van der Waals surface area contributed by atoms with E-state index in [0.29, 0.717) is 24.0 Å². The standard InChI is InChI=1S/C27H25ClF3N5O2/c1-26(2)37-22-20(36-10-18(31)21-23(28)33-11-34-25(21)36)9-15-13(3-4-27(15,22)38-26)5-12-6-16(29)14-8-17(30)24(32)35-19(14)7-12/h6-8,10-11,13,15,20,22H,3-5,9H2,1-2H3,(H2,32,35)/t13-,15+,20+,22-,27+/m0/s1. The summed E-state index contributed by atoms with van der Waals surface area (Å²) in [4.78, 5) is 12.3. The zero-order valence-electron chi connectivity index (χ0n) is 20.7. The largest absolute Gasteiger partial charge is 0.381 e. The first kappa shape index (κ1) is 24.1. The zero-order chi connectivity index (χ0) is 26.6. The first-order chi connectivity index (χ1) is 18.1. The van der Waals surface area contributed by atoms with Crippen molar-refractivity contribution in [3.63, 3.8) is 0 Å². The van der Waals surface area contributed by atoms with Crippen LogP contribution in [0.4, 0.5) is 19.0 Å². The molecule has 7 rings (SSSR count). The molecule has 0 amide bonds. The van der Waals surface area contributed by atoms with Gasteiger partial charge in [0.2, 0.25) is 0 Å². The molecule has 1 saturated heterocycles. The van der Waals surface area contributed by atoms with Crippen LogP contribution in [0.2, 0.25) is 5.15 Å². The van der Waals surface area contributed by atoms with Gasteiger partial charge in [0.1, 0.15) is 34.6 Å². The van der Waals surface area contributed by atoms with Crippen LogP contribution in [0.5, 0.6) is 0 Å². The molecule has 1 spiro atoms. The van der Waals surface area contributed by atoms with Crippen molar-refractivity contribution < 1.29 is 22.6 Å². The van der Waals surface area contributed by atoms with Crippen molar-refractivity contribution in [1.82, 2.24) is 19.5 Å². The Morgan fingerprint density at radius 2 is 1.95 bits per heavy atom. The van der Waals surface area contributed by atoms with Gasteiger partial charge >= 0.3 is 0 Å². The quantitative estimate of drug-likeness (QED) is 0.332. The summed E-state index contributed by atoms with van der Waals surface area (Å²) in [6.07, 6.45) is 5.29. The Labute approximate surface area is 221 Å². The van der Waals surface area contributed by atoms with E-state index in [4.69, 9.17) is 26.8 Å². The van der Waals surface area contributed by atoms with Crippen LogP contribution in [0.1, 0.15) is 44.7 Å². The van der Waals surface area contributed by atoms with E-state index in [0.717, 1.165) is 24.5 Å². The summed E-state index contributed by atoms with van der Waals surface area (Å²) in [6, 6.07) is 4.06.